The minimum absolute atomic E-state index is 0.0398. The van der Waals surface area contributed by atoms with Gasteiger partial charge in [0.25, 0.3) is 0 Å². The Morgan fingerprint density at radius 3 is 2.58 bits per heavy atom. The number of rotatable bonds is 7. The SMILES string of the molecule is CC(C)(O)CCCC1CCC2C3CC=C4C(O)C(OCC5COC5)CCC4(C)C3CCC12C. The van der Waals surface area contributed by atoms with E-state index in [0.29, 0.717) is 17.3 Å². The standard InChI is InChI=1S/C29H48O4/c1-27(2,31)13-5-6-20-7-9-22-21-8-10-24-26(30)25(33-18-19-16-32-17-19)12-15-29(24,4)23(21)11-14-28(20,22)3/h10,19-23,25-26,30-31H,5-9,11-18H2,1-4H3. The normalized spacial score (nSPS) is 45.6. The van der Waals surface area contributed by atoms with Crippen molar-refractivity contribution >= 4 is 0 Å². The van der Waals surface area contributed by atoms with Crippen molar-refractivity contribution in [3.8, 4) is 0 Å². The molecule has 4 heteroatoms. The van der Waals surface area contributed by atoms with Gasteiger partial charge in [0.05, 0.1) is 31.5 Å². The molecule has 188 valence electrons. The zero-order chi connectivity index (χ0) is 23.4. The first-order chi connectivity index (χ1) is 15.6. The third kappa shape index (κ3) is 4.36. The first kappa shape index (κ1) is 24.3. The Morgan fingerprint density at radius 2 is 1.88 bits per heavy atom. The van der Waals surface area contributed by atoms with Gasteiger partial charge in [-0.2, -0.15) is 0 Å². The van der Waals surface area contributed by atoms with Crippen LogP contribution in [-0.2, 0) is 9.47 Å². The number of fused-ring (bicyclic) bond motifs is 5. The summed E-state index contributed by atoms with van der Waals surface area (Å²) in [7, 11) is 0. The minimum atomic E-state index is -0.537. The van der Waals surface area contributed by atoms with Gasteiger partial charge in [-0.25, -0.2) is 0 Å². The fraction of sp³-hybridized carbons (Fsp3) is 0.931. The van der Waals surface area contributed by atoms with E-state index in [4.69, 9.17) is 9.47 Å². The fourth-order valence-electron chi connectivity index (χ4n) is 8.89. The molecule has 0 aromatic carbocycles. The van der Waals surface area contributed by atoms with Gasteiger partial charge in [0, 0.05) is 5.92 Å². The van der Waals surface area contributed by atoms with Crippen molar-refractivity contribution in [3.63, 3.8) is 0 Å². The summed E-state index contributed by atoms with van der Waals surface area (Å²) in [6.45, 7) is 11.3. The highest BCUT2D eigenvalue weighted by molar-refractivity contribution is 5.29. The molecule has 0 aromatic rings. The Kier molecular flexibility index (Phi) is 6.55. The zero-order valence-corrected chi connectivity index (χ0v) is 21.5. The molecule has 3 saturated carbocycles. The lowest BCUT2D eigenvalue weighted by Gasteiger charge is -2.59. The van der Waals surface area contributed by atoms with E-state index >= 15 is 0 Å². The molecule has 0 amide bonds. The molecule has 0 radical (unpaired) electrons. The Hall–Kier alpha value is -0.420. The van der Waals surface area contributed by atoms with Crippen LogP contribution in [0.1, 0.15) is 91.9 Å². The summed E-state index contributed by atoms with van der Waals surface area (Å²) < 4.78 is 11.5. The van der Waals surface area contributed by atoms with Gasteiger partial charge in [0.2, 0.25) is 0 Å². The van der Waals surface area contributed by atoms with Gasteiger partial charge < -0.3 is 19.7 Å². The molecule has 1 aliphatic heterocycles. The second-order valence-corrected chi connectivity index (χ2v) is 13.5. The molecule has 8 atom stereocenters. The Balaban J connectivity index is 1.26. The number of ether oxygens (including phenoxy) is 2. The van der Waals surface area contributed by atoms with Crippen molar-refractivity contribution in [1.82, 2.24) is 0 Å². The van der Waals surface area contributed by atoms with Gasteiger partial charge >= 0.3 is 0 Å². The van der Waals surface area contributed by atoms with Crippen LogP contribution in [-0.4, -0.2) is 47.8 Å². The fourth-order valence-corrected chi connectivity index (χ4v) is 8.89. The molecule has 0 aromatic heterocycles. The van der Waals surface area contributed by atoms with Crippen LogP contribution in [0.15, 0.2) is 11.6 Å². The lowest BCUT2D eigenvalue weighted by Crippen LogP contribution is -2.54. The molecule has 4 nitrogen and oxygen atoms in total. The van der Waals surface area contributed by atoms with E-state index in [-0.39, 0.29) is 11.5 Å². The van der Waals surface area contributed by atoms with Crippen LogP contribution in [0.25, 0.3) is 0 Å². The number of allylic oxidation sites excluding steroid dienone is 1. The maximum Gasteiger partial charge on any atom is 0.102 e. The van der Waals surface area contributed by atoms with Crippen LogP contribution in [0.2, 0.25) is 0 Å². The third-order valence-electron chi connectivity index (χ3n) is 10.9. The van der Waals surface area contributed by atoms with Gasteiger partial charge in [-0.1, -0.05) is 26.3 Å². The van der Waals surface area contributed by atoms with Crippen molar-refractivity contribution in [2.75, 3.05) is 19.8 Å². The molecule has 33 heavy (non-hydrogen) atoms. The number of hydrogen-bond acceptors (Lipinski definition) is 4. The molecule has 4 aliphatic carbocycles. The molecule has 1 heterocycles. The smallest absolute Gasteiger partial charge is 0.102 e. The van der Waals surface area contributed by atoms with Crippen molar-refractivity contribution in [2.45, 2.75) is 110 Å². The van der Waals surface area contributed by atoms with E-state index in [1.54, 1.807) is 0 Å². The maximum absolute atomic E-state index is 11.3. The summed E-state index contributed by atoms with van der Waals surface area (Å²) in [5.41, 5.74) is 1.37. The summed E-state index contributed by atoms with van der Waals surface area (Å²) in [6.07, 6.45) is 14.0. The van der Waals surface area contributed by atoms with Gasteiger partial charge in [0.1, 0.15) is 6.10 Å². The average molecular weight is 461 g/mol. The quantitative estimate of drug-likeness (QED) is 0.492. The number of hydrogen-bond donors (Lipinski definition) is 2. The molecule has 0 spiro atoms. The first-order valence-corrected chi connectivity index (χ1v) is 13.9. The van der Waals surface area contributed by atoms with Crippen LogP contribution >= 0.6 is 0 Å². The van der Waals surface area contributed by atoms with Crippen molar-refractivity contribution in [2.24, 2.45) is 40.4 Å². The molecule has 8 unspecified atom stereocenters. The summed E-state index contributed by atoms with van der Waals surface area (Å²) in [4.78, 5) is 0. The summed E-state index contributed by atoms with van der Waals surface area (Å²) in [5, 5.41) is 21.5. The topological polar surface area (TPSA) is 58.9 Å². The first-order valence-electron chi connectivity index (χ1n) is 13.9. The highest BCUT2D eigenvalue weighted by Crippen LogP contribution is 2.66. The molecule has 5 rings (SSSR count). The van der Waals surface area contributed by atoms with E-state index in [1.807, 2.05) is 13.8 Å². The van der Waals surface area contributed by atoms with Gasteiger partial charge in [-0.3, -0.25) is 0 Å². The molecule has 1 saturated heterocycles. The number of aliphatic hydroxyl groups is 2. The molecular weight excluding hydrogens is 412 g/mol. The molecule has 4 fully saturated rings. The van der Waals surface area contributed by atoms with Crippen molar-refractivity contribution < 1.29 is 19.7 Å². The predicted molar refractivity (Wildman–Crippen MR) is 131 cm³/mol. The van der Waals surface area contributed by atoms with Crippen LogP contribution in [0.3, 0.4) is 0 Å². The average Bonchev–Trinajstić information content (AvgIpc) is 3.04. The zero-order valence-electron chi connectivity index (χ0n) is 21.5. The van der Waals surface area contributed by atoms with E-state index in [9.17, 15) is 10.2 Å². The second-order valence-electron chi connectivity index (χ2n) is 13.5. The molecule has 5 aliphatic rings. The lowest BCUT2D eigenvalue weighted by atomic mass is 9.47. The highest BCUT2D eigenvalue weighted by atomic mass is 16.5. The van der Waals surface area contributed by atoms with Crippen LogP contribution < -0.4 is 0 Å². The van der Waals surface area contributed by atoms with E-state index in [2.05, 4.69) is 19.9 Å². The van der Waals surface area contributed by atoms with Crippen LogP contribution in [0, 0.1) is 40.4 Å². The van der Waals surface area contributed by atoms with E-state index < -0.39 is 11.7 Å². The van der Waals surface area contributed by atoms with Gasteiger partial charge in [-0.15, -0.1) is 0 Å². The van der Waals surface area contributed by atoms with Crippen molar-refractivity contribution in [3.05, 3.63) is 11.6 Å². The van der Waals surface area contributed by atoms with E-state index in [0.717, 1.165) is 69.7 Å². The molecular formula is C29H48O4. The number of aliphatic hydroxyl groups excluding tert-OH is 1. The second kappa shape index (κ2) is 8.91. The molecule has 2 N–H and O–H groups in total. The Morgan fingerprint density at radius 1 is 1.09 bits per heavy atom. The third-order valence-corrected chi connectivity index (χ3v) is 10.9. The summed E-state index contributed by atoms with van der Waals surface area (Å²) >= 11 is 0. The van der Waals surface area contributed by atoms with Crippen LogP contribution in [0.4, 0.5) is 0 Å². The monoisotopic (exact) mass is 460 g/mol. The Labute approximate surface area is 201 Å². The van der Waals surface area contributed by atoms with Gasteiger partial charge in [-0.05, 0) is 112 Å². The summed E-state index contributed by atoms with van der Waals surface area (Å²) in [5.74, 6) is 3.64. The predicted octanol–water partition coefficient (Wildman–Crippen LogP) is 5.51. The summed E-state index contributed by atoms with van der Waals surface area (Å²) in [6, 6.07) is 0. The largest absolute Gasteiger partial charge is 0.390 e. The van der Waals surface area contributed by atoms with Gasteiger partial charge in [0.15, 0.2) is 0 Å². The molecule has 0 bridgehead atoms. The van der Waals surface area contributed by atoms with E-state index in [1.165, 1.54) is 37.7 Å². The van der Waals surface area contributed by atoms with Crippen molar-refractivity contribution in [1.29, 1.82) is 0 Å². The van der Waals surface area contributed by atoms with Crippen LogP contribution in [0.5, 0.6) is 0 Å². The maximum atomic E-state index is 11.3. The minimum Gasteiger partial charge on any atom is -0.390 e. The highest BCUT2D eigenvalue weighted by Gasteiger charge is 2.59. The lowest BCUT2D eigenvalue weighted by molar-refractivity contribution is -0.127. The Bertz CT molecular complexity index is 736.